The summed E-state index contributed by atoms with van der Waals surface area (Å²) in [5.74, 6) is 0.0347. The molecule has 292 valence electrons. The first-order valence-corrected chi connectivity index (χ1v) is 25.2. The first-order chi connectivity index (χ1) is 25.8. The van der Waals surface area contributed by atoms with Crippen molar-refractivity contribution in [2.75, 3.05) is 50.3 Å². The summed E-state index contributed by atoms with van der Waals surface area (Å²) in [6.07, 6.45) is 8.86. The molecule has 12 nitrogen and oxygen atoms in total. The third kappa shape index (κ3) is 8.81. The van der Waals surface area contributed by atoms with Crippen LogP contribution >= 0.6 is 0 Å². The number of hydrogen-bond acceptors (Lipinski definition) is 6. The maximum Gasteiger partial charge on any atom is 0.322 e. The largest absolute Gasteiger partial charge is 0.341 e. The minimum Gasteiger partial charge on any atom is -0.341 e. The molecule has 7 rings (SSSR count). The van der Waals surface area contributed by atoms with E-state index >= 15 is 0 Å². The van der Waals surface area contributed by atoms with Gasteiger partial charge in [-0.05, 0) is 93.1 Å². The first kappa shape index (κ1) is 38.4. The number of nitrogens with zero attached hydrogens (tertiary/aromatic N) is 5. The van der Waals surface area contributed by atoms with E-state index in [1.165, 1.54) is 23.2 Å². The molecule has 0 spiro atoms. The van der Waals surface area contributed by atoms with Crippen LogP contribution in [0.3, 0.4) is 0 Å². The second-order valence-corrected chi connectivity index (χ2v) is 24.5. The molecule has 5 amide bonds. The molecule has 0 radical (unpaired) electrons. The van der Waals surface area contributed by atoms with Crippen molar-refractivity contribution >= 4 is 52.7 Å². The zero-order valence-corrected chi connectivity index (χ0v) is 34.0. The van der Waals surface area contributed by atoms with Crippen molar-refractivity contribution < 1.29 is 22.8 Å². The number of para-hydroxylation sites is 1. The highest BCUT2D eigenvalue weighted by atomic mass is 32.2. The van der Waals surface area contributed by atoms with Gasteiger partial charge in [-0.3, -0.25) is 4.79 Å². The summed E-state index contributed by atoms with van der Waals surface area (Å²) in [6.45, 7) is 11.6. The molecule has 0 bridgehead atoms. The van der Waals surface area contributed by atoms with Crippen LogP contribution in [-0.4, -0.2) is 121 Å². The lowest BCUT2D eigenvalue weighted by Crippen LogP contribution is -2.57. The Morgan fingerprint density at radius 2 is 1.56 bits per heavy atom. The Morgan fingerprint density at radius 1 is 0.870 bits per heavy atom. The smallest absolute Gasteiger partial charge is 0.322 e. The van der Waals surface area contributed by atoms with Gasteiger partial charge < -0.3 is 30.2 Å². The maximum absolute atomic E-state index is 14.3. The lowest BCUT2D eigenvalue weighted by molar-refractivity contribution is -0.134. The Bertz CT molecular complexity index is 1940. The van der Waals surface area contributed by atoms with Gasteiger partial charge in [-0.2, -0.15) is 0 Å². The quantitative estimate of drug-likeness (QED) is 0.252. The van der Waals surface area contributed by atoms with Gasteiger partial charge in [0.1, 0.15) is 6.04 Å². The van der Waals surface area contributed by atoms with Crippen LogP contribution in [0.1, 0.15) is 56.1 Å². The third-order valence-electron chi connectivity index (χ3n) is 11.9. The summed E-state index contributed by atoms with van der Waals surface area (Å²) in [5, 5.41) is 6.92. The van der Waals surface area contributed by atoms with Crippen LogP contribution in [0.4, 0.5) is 15.3 Å². The molecule has 4 aliphatic rings. The number of urea groups is 2. The van der Waals surface area contributed by atoms with Crippen molar-refractivity contribution in [2.24, 2.45) is 0 Å². The highest BCUT2D eigenvalue weighted by molar-refractivity contribution is 7.90. The van der Waals surface area contributed by atoms with Crippen LogP contribution in [0.5, 0.6) is 0 Å². The Balaban J connectivity index is 1.03. The average molecular weight is 776 g/mol. The van der Waals surface area contributed by atoms with Gasteiger partial charge in [0.2, 0.25) is 15.9 Å². The number of piperidine rings is 3. The molecule has 3 saturated heterocycles. The van der Waals surface area contributed by atoms with Crippen LogP contribution in [0.15, 0.2) is 54.7 Å². The number of nitrogens with one attached hydrogen (secondary N) is 2. The summed E-state index contributed by atoms with van der Waals surface area (Å²) in [4.78, 5) is 49.3. The van der Waals surface area contributed by atoms with Crippen LogP contribution in [0.25, 0.3) is 10.9 Å². The summed E-state index contributed by atoms with van der Waals surface area (Å²) >= 11 is 0. The van der Waals surface area contributed by atoms with E-state index in [9.17, 15) is 22.8 Å². The predicted octanol–water partition coefficient (Wildman–Crippen LogP) is 5.77. The molecule has 2 N–H and O–H groups in total. The molecule has 1 aromatic heterocycles. The van der Waals surface area contributed by atoms with Gasteiger partial charge in [0.15, 0.2) is 0 Å². The topological polar surface area (TPSA) is 127 Å². The lowest BCUT2D eigenvalue weighted by Gasteiger charge is -2.42. The highest BCUT2D eigenvalue weighted by Gasteiger charge is 2.36. The minimum atomic E-state index is -3.51. The molecular formula is C40H57N7O5SSi. The molecule has 1 atom stereocenters. The Morgan fingerprint density at radius 3 is 2.28 bits per heavy atom. The van der Waals surface area contributed by atoms with E-state index in [4.69, 9.17) is 0 Å². The van der Waals surface area contributed by atoms with Crippen LogP contribution < -0.4 is 10.6 Å². The number of rotatable bonds is 10. The number of benzene rings is 2. The van der Waals surface area contributed by atoms with Crippen LogP contribution in [-0.2, 0) is 27.8 Å². The van der Waals surface area contributed by atoms with Crippen LogP contribution in [0, 0.1) is 0 Å². The zero-order valence-electron chi connectivity index (χ0n) is 32.1. The normalized spacial score (nSPS) is 20.1. The molecule has 14 heteroatoms. The van der Waals surface area contributed by atoms with Gasteiger partial charge >= 0.3 is 12.1 Å². The predicted molar refractivity (Wildman–Crippen MR) is 216 cm³/mol. The van der Waals surface area contributed by atoms with E-state index in [1.54, 1.807) is 11.1 Å². The highest BCUT2D eigenvalue weighted by Crippen LogP contribution is 2.29. The minimum absolute atomic E-state index is 0.0134. The fourth-order valence-corrected chi connectivity index (χ4v) is 13.0. The van der Waals surface area contributed by atoms with Crippen molar-refractivity contribution in [3.63, 3.8) is 0 Å². The molecule has 3 aromatic rings. The lowest BCUT2D eigenvalue weighted by atomic mass is 9.98. The van der Waals surface area contributed by atoms with E-state index in [0.29, 0.717) is 69.6 Å². The molecule has 0 saturated carbocycles. The standard InChI is InChI=1S/C40H57N7O5SSi/c1-54(2,3)26-25-53(51,52)47-24-13-31-27-30(11-12-37(31)47)28-36(38(48)44-20-14-33(15-21-44)43-18-7-4-8-19-43)42-39(49)45-22-16-34(17-23-45)46-29-32-9-5-6-10-35(32)41-40(46)50/h5-6,9-13,24,27,33-34,36H,4,7-8,14-23,25-26,28-29H2,1-3H3,(H,41,50)(H,42,49). The molecular weight excluding hydrogens is 719 g/mol. The van der Waals surface area contributed by atoms with Gasteiger partial charge in [0.25, 0.3) is 0 Å². The second kappa shape index (κ2) is 16.1. The Hall–Kier alpha value is -3.88. The van der Waals surface area contributed by atoms with Gasteiger partial charge in [0.05, 0.1) is 11.3 Å². The van der Waals surface area contributed by atoms with E-state index in [0.717, 1.165) is 48.1 Å². The fourth-order valence-electron chi connectivity index (χ4n) is 8.60. The number of aromatic nitrogens is 1. The molecule has 5 heterocycles. The number of anilines is 1. The van der Waals surface area contributed by atoms with Crippen molar-refractivity contribution in [3.05, 3.63) is 65.9 Å². The summed E-state index contributed by atoms with van der Waals surface area (Å²) in [6, 6.07) is 15.4. The summed E-state index contributed by atoms with van der Waals surface area (Å²) in [7, 11) is -5.06. The van der Waals surface area contributed by atoms with Gasteiger partial charge in [-0.15, -0.1) is 0 Å². The number of amides is 5. The molecule has 1 unspecified atom stereocenters. The van der Waals surface area contributed by atoms with Crippen LogP contribution in [0.2, 0.25) is 25.7 Å². The fraction of sp³-hybridized carbons (Fsp3) is 0.575. The number of carbonyl (C=O) groups is 3. The van der Waals surface area contributed by atoms with Gasteiger partial charge in [-0.1, -0.05) is 50.3 Å². The van der Waals surface area contributed by atoms with Gasteiger partial charge in [-0.25, -0.2) is 22.0 Å². The molecule has 54 heavy (non-hydrogen) atoms. The first-order valence-electron chi connectivity index (χ1n) is 19.9. The third-order valence-corrected chi connectivity index (χ3v) is 15.7. The number of likely N-dealkylation sites (tertiary alicyclic amines) is 3. The van der Waals surface area contributed by atoms with Crippen molar-refractivity contribution in [2.45, 2.75) is 102 Å². The number of fused-ring (bicyclic) bond motifs is 2. The molecule has 0 aliphatic carbocycles. The molecule has 4 aliphatic heterocycles. The van der Waals surface area contributed by atoms with E-state index in [-0.39, 0.29) is 29.8 Å². The van der Waals surface area contributed by atoms with E-state index < -0.39 is 24.1 Å². The SMILES string of the molecule is C[Si](C)(C)CCS(=O)(=O)n1ccc2cc(CC(NC(=O)N3CCC(N4Cc5ccccc5NC4=O)CC3)C(=O)N3CCC(N4CCCCC4)CC3)ccc21. The summed E-state index contributed by atoms with van der Waals surface area (Å²) in [5.41, 5.74) is 3.41. The number of hydrogen-bond donors (Lipinski definition) is 2. The number of carbonyl (C=O) groups excluding carboxylic acids is 3. The Kier molecular flexibility index (Phi) is 11.4. The summed E-state index contributed by atoms with van der Waals surface area (Å²) < 4.78 is 28.0. The van der Waals surface area contributed by atoms with E-state index in [1.807, 2.05) is 58.3 Å². The van der Waals surface area contributed by atoms with Crippen molar-refractivity contribution in [1.29, 1.82) is 0 Å². The molecule has 3 fully saturated rings. The monoisotopic (exact) mass is 775 g/mol. The van der Waals surface area contributed by atoms with Gasteiger partial charge in [0, 0.05) is 76.6 Å². The molecule has 2 aromatic carbocycles. The van der Waals surface area contributed by atoms with E-state index in [2.05, 4.69) is 35.2 Å². The van der Waals surface area contributed by atoms with Crippen molar-refractivity contribution in [1.82, 2.24) is 28.9 Å². The average Bonchev–Trinajstić information content (AvgIpc) is 3.61. The Labute approximate surface area is 321 Å². The maximum atomic E-state index is 14.3. The van der Waals surface area contributed by atoms with Crippen molar-refractivity contribution in [3.8, 4) is 0 Å². The zero-order chi connectivity index (χ0) is 38.0. The second-order valence-electron chi connectivity index (χ2n) is 16.9.